The largest absolute Gasteiger partial charge is 0.502 e. The van der Waals surface area contributed by atoms with E-state index in [9.17, 15) is 14.7 Å². The number of morpholine rings is 1. The maximum absolute atomic E-state index is 12.3. The summed E-state index contributed by atoms with van der Waals surface area (Å²) in [6.07, 6.45) is 1.15. The Bertz CT molecular complexity index is 568. The highest BCUT2D eigenvalue weighted by Gasteiger charge is 2.39. The third-order valence-corrected chi connectivity index (χ3v) is 3.24. The zero-order valence-electron chi connectivity index (χ0n) is 9.79. The summed E-state index contributed by atoms with van der Waals surface area (Å²) in [7, 11) is 0. The predicted molar refractivity (Wildman–Crippen MR) is 62.0 cm³/mol. The van der Waals surface area contributed by atoms with E-state index in [1.54, 1.807) is 4.90 Å². The molecule has 1 saturated heterocycles. The van der Waals surface area contributed by atoms with Crippen molar-refractivity contribution in [3.8, 4) is 5.75 Å². The van der Waals surface area contributed by atoms with Gasteiger partial charge in [-0.3, -0.25) is 14.3 Å². The highest BCUT2D eigenvalue weighted by Crippen LogP contribution is 2.24. The van der Waals surface area contributed by atoms with Crippen molar-refractivity contribution in [2.45, 2.75) is 19.1 Å². The summed E-state index contributed by atoms with van der Waals surface area (Å²) in [4.78, 5) is 25.3. The molecule has 3 heterocycles. The van der Waals surface area contributed by atoms with E-state index in [0.29, 0.717) is 13.2 Å². The summed E-state index contributed by atoms with van der Waals surface area (Å²) in [5, 5.41) is 9.74. The average Bonchev–Trinajstić information content (AvgIpc) is 2.34. The second-order valence-corrected chi connectivity index (χ2v) is 4.49. The summed E-state index contributed by atoms with van der Waals surface area (Å²) >= 11 is 0. The Hall–Kier alpha value is -2.02. The minimum absolute atomic E-state index is 0.0208. The molecule has 1 amide bonds. The van der Waals surface area contributed by atoms with Crippen molar-refractivity contribution in [2.75, 3.05) is 18.6 Å². The Balaban J connectivity index is 2.13. The zero-order valence-corrected chi connectivity index (χ0v) is 9.79. The number of aromatic hydroxyl groups is 1. The van der Waals surface area contributed by atoms with Crippen LogP contribution in [0.15, 0.2) is 17.1 Å². The van der Waals surface area contributed by atoms with Crippen LogP contribution in [0.25, 0.3) is 0 Å². The van der Waals surface area contributed by atoms with Crippen molar-refractivity contribution in [2.24, 2.45) is 0 Å². The van der Waals surface area contributed by atoms with Gasteiger partial charge in [0.05, 0.1) is 19.3 Å². The Morgan fingerprint density at radius 1 is 1.44 bits per heavy atom. The molecule has 2 aliphatic heterocycles. The Morgan fingerprint density at radius 3 is 3.00 bits per heavy atom. The van der Waals surface area contributed by atoms with Gasteiger partial charge in [0.2, 0.25) is 5.43 Å². The second kappa shape index (κ2) is 3.74. The summed E-state index contributed by atoms with van der Waals surface area (Å²) in [6.45, 7) is 2.68. The molecule has 1 fully saturated rings. The number of ether oxygens (including phenoxy) is 1. The monoisotopic (exact) mass is 251 g/mol. The lowest BCUT2D eigenvalue weighted by Crippen LogP contribution is -2.62. The molecule has 2 N–H and O–H groups in total. The molecule has 2 atom stereocenters. The lowest BCUT2D eigenvalue weighted by molar-refractivity contribution is -0.0310. The van der Waals surface area contributed by atoms with Crippen LogP contribution in [0.1, 0.15) is 17.4 Å². The van der Waals surface area contributed by atoms with Gasteiger partial charge in [0.15, 0.2) is 11.4 Å². The van der Waals surface area contributed by atoms with E-state index in [2.05, 4.69) is 5.43 Å². The number of carbonyl (C=O) groups is 1. The highest BCUT2D eigenvalue weighted by atomic mass is 16.5. The summed E-state index contributed by atoms with van der Waals surface area (Å²) in [5.41, 5.74) is 2.45. The molecule has 1 unspecified atom stereocenters. The fraction of sp³-hybridized carbons (Fsp3) is 0.455. The molecular weight excluding hydrogens is 238 g/mol. The number of aromatic nitrogens is 1. The number of hydrogen-bond donors (Lipinski definition) is 2. The Kier molecular flexibility index (Phi) is 2.30. The molecule has 2 aliphatic rings. The number of rotatable bonds is 0. The van der Waals surface area contributed by atoms with Gasteiger partial charge >= 0.3 is 0 Å². The van der Waals surface area contributed by atoms with Crippen LogP contribution in [0, 0.1) is 0 Å². The molecule has 0 radical (unpaired) electrons. The molecule has 0 bridgehead atoms. The van der Waals surface area contributed by atoms with Crippen LogP contribution in [0.4, 0.5) is 0 Å². The van der Waals surface area contributed by atoms with Crippen LogP contribution in [-0.2, 0) is 4.74 Å². The van der Waals surface area contributed by atoms with E-state index in [-0.39, 0.29) is 23.8 Å². The molecule has 7 heteroatoms. The minimum atomic E-state index is -0.559. The van der Waals surface area contributed by atoms with E-state index in [0.717, 1.165) is 0 Å². The lowest BCUT2D eigenvalue weighted by Gasteiger charge is -2.44. The van der Waals surface area contributed by atoms with Crippen LogP contribution < -0.4 is 10.9 Å². The van der Waals surface area contributed by atoms with Gasteiger partial charge in [-0.05, 0) is 6.92 Å². The van der Waals surface area contributed by atoms with E-state index in [1.807, 2.05) is 6.92 Å². The van der Waals surface area contributed by atoms with Crippen LogP contribution in [0.3, 0.4) is 0 Å². The minimum Gasteiger partial charge on any atom is -0.502 e. The summed E-state index contributed by atoms with van der Waals surface area (Å²) < 4.78 is 6.75. The first-order valence-corrected chi connectivity index (χ1v) is 5.71. The van der Waals surface area contributed by atoms with Gasteiger partial charge in [-0.15, -0.1) is 0 Å². The van der Waals surface area contributed by atoms with Crippen molar-refractivity contribution >= 4 is 5.91 Å². The van der Waals surface area contributed by atoms with Gasteiger partial charge in [-0.1, -0.05) is 0 Å². The van der Waals surface area contributed by atoms with Gasteiger partial charge in [0, 0.05) is 12.3 Å². The predicted octanol–water partition coefficient (Wildman–Crippen LogP) is -0.702. The molecule has 0 saturated carbocycles. The van der Waals surface area contributed by atoms with Crippen LogP contribution in [-0.4, -0.2) is 46.0 Å². The molecule has 18 heavy (non-hydrogen) atoms. The number of amides is 1. The SMILES string of the molecule is C[C@@H]1COCC2Nn3ccc(=O)c(O)c3C(=O)N21. The fourth-order valence-electron chi connectivity index (χ4n) is 2.38. The van der Waals surface area contributed by atoms with E-state index >= 15 is 0 Å². The second-order valence-electron chi connectivity index (χ2n) is 4.49. The lowest BCUT2D eigenvalue weighted by atomic mass is 10.1. The first kappa shape index (κ1) is 11.1. The molecule has 7 nitrogen and oxygen atoms in total. The van der Waals surface area contributed by atoms with Crippen molar-refractivity contribution in [1.82, 2.24) is 9.58 Å². The fourth-order valence-corrected chi connectivity index (χ4v) is 2.38. The number of pyridine rings is 1. The molecule has 1 aromatic heterocycles. The molecule has 0 aromatic carbocycles. The van der Waals surface area contributed by atoms with Crippen LogP contribution in [0.2, 0.25) is 0 Å². The first-order valence-electron chi connectivity index (χ1n) is 5.71. The average molecular weight is 251 g/mol. The van der Waals surface area contributed by atoms with Gasteiger partial charge in [0.1, 0.15) is 6.17 Å². The summed E-state index contributed by atoms with van der Waals surface area (Å²) in [6, 6.07) is 1.11. The van der Waals surface area contributed by atoms with Gasteiger partial charge in [-0.2, -0.15) is 0 Å². The first-order chi connectivity index (χ1) is 8.59. The smallest absolute Gasteiger partial charge is 0.278 e. The highest BCUT2D eigenvalue weighted by molar-refractivity contribution is 5.96. The maximum Gasteiger partial charge on any atom is 0.278 e. The molecular formula is C11H13N3O4. The number of nitrogens with zero attached hydrogens (tertiary/aromatic N) is 2. The number of nitrogens with one attached hydrogen (secondary N) is 1. The van der Waals surface area contributed by atoms with Gasteiger partial charge < -0.3 is 20.2 Å². The Morgan fingerprint density at radius 2 is 2.22 bits per heavy atom. The number of fused-ring (bicyclic) bond motifs is 2. The third kappa shape index (κ3) is 1.40. The van der Waals surface area contributed by atoms with Crippen molar-refractivity contribution < 1.29 is 14.6 Å². The molecule has 3 rings (SSSR count). The molecule has 1 aromatic rings. The molecule has 0 spiro atoms. The number of hydrogen-bond acceptors (Lipinski definition) is 5. The topological polar surface area (TPSA) is 83.8 Å². The van der Waals surface area contributed by atoms with E-state index in [4.69, 9.17) is 4.74 Å². The quantitative estimate of drug-likeness (QED) is 0.637. The van der Waals surface area contributed by atoms with Crippen molar-refractivity contribution in [3.05, 3.63) is 28.2 Å². The van der Waals surface area contributed by atoms with Crippen LogP contribution >= 0.6 is 0 Å². The maximum atomic E-state index is 12.3. The standard InChI is InChI=1S/C11H13N3O4/c1-6-4-18-5-8-12-13-3-2-7(15)10(16)9(13)11(17)14(6)8/h2-3,6,8,12,16H,4-5H2,1H3/t6-,8?/m1/s1. The molecule has 96 valence electrons. The summed E-state index contributed by atoms with van der Waals surface area (Å²) in [5.74, 6) is -0.878. The van der Waals surface area contributed by atoms with Crippen molar-refractivity contribution in [1.29, 1.82) is 0 Å². The van der Waals surface area contributed by atoms with Gasteiger partial charge in [0.25, 0.3) is 5.91 Å². The third-order valence-electron chi connectivity index (χ3n) is 3.24. The van der Waals surface area contributed by atoms with Crippen LogP contribution in [0.5, 0.6) is 5.75 Å². The molecule has 0 aliphatic carbocycles. The Labute approximate surface area is 103 Å². The zero-order chi connectivity index (χ0) is 12.9. The van der Waals surface area contributed by atoms with E-state index < -0.39 is 11.2 Å². The normalized spacial score (nSPS) is 26.3. The van der Waals surface area contributed by atoms with Crippen molar-refractivity contribution in [3.63, 3.8) is 0 Å². The van der Waals surface area contributed by atoms with Gasteiger partial charge in [-0.25, -0.2) is 0 Å². The number of carbonyl (C=O) groups excluding carboxylic acids is 1. The van der Waals surface area contributed by atoms with E-state index in [1.165, 1.54) is 16.9 Å².